The predicted molar refractivity (Wildman–Crippen MR) is 56.5 cm³/mol. The van der Waals surface area contributed by atoms with Gasteiger partial charge < -0.3 is 10.3 Å². The first-order valence-electron chi connectivity index (χ1n) is 4.90. The number of rotatable bonds is 1. The van der Waals surface area contributed by atoms with Crippen LogP contribution in [0.5, 0.6) is 0 Å². The van der Waals surface area contributed by atoms with Gasteiger partial charge in [0.2, 0.25) is 11.8 Å². The quantitative estimate of drug-likeness (QED) is 0.619. The number of nitrogens with two attached hydrogens (primary N) is 1. The molecule has 1 unspecified atom stereocenters. The number of pyridine rings is 1. The molecule has 2 amide bonds. The first-order chi connectivity index (χ1) is 7.59. The zero-order chi connectivity index (χ0) is 11.7. The topological polar surface area (TPSA) is 94.2 Å². The molecule has 0 spiro atoms. The molecule has 16 heavy (non-hydrogen) atoms. The van der Waals surface area contributed by atoms with Crippen LogP contribution in [0.25, 0.3) is 0 Å². The van der Waals surface area contributed by atoms with E-state index in [9.17, 15) is 14.4 Å². The summed E-state index contributed by atoms with van der Waals surface area (Å²) >= 11 is 0. The number of amides is 2. The molecule has 84 valence electrons. The summed E-state index contributed by atoms with van der Waals surface area (Å²) in [6, 6.07) is 2.43. The standard InChI is InChI=1S/C10H11N3O3/c11-6-2-1-5-13(10(6)16)7-3-4-8(14)12-9(7)15/h1-2,5,7H,3-4,11H2,(H,12,14,15). The van der Waals surface area contributed by atoms with Crippen molar-refractivity contribution in [3.63, 3.8) is 0 Å². The van der Waals surface area contributed by atoms with E-state index in [1.165, 1.54) is 16.8 Å². The van der Waals surface area contributed by atoms with Crippen molar-refractivity contribution in [1.29, 1.82) is 0 Å². The van der Waals surface area contributed by atoms with Gasteiger partial charge in [0.15, 0.2) is 0 Å². The van der Waals surface area contributed by atoms with Gasteiger partial charge in [-0.25, -0.2) is 0 Å². The summed E-state index contributed by atoms with van der Waals surface area (Å²) in [4.78, 5) is 34.2. The lowest BCUT2D eigenvalue weighted by molar-refractivity contribution is -0.135. The highest BCUT2D eigenvalue weighted by Gasteiger charge is 2.28. The van der Waals surface area contributed by atoms with Crippen LogP contribution in [0.3, 0.4) is 0 Å². The van der Waals surface area contributed by atoms with Crippen molar-refractivity contribution in [2.24, 2.45) is 0 Å². The van der Waals surface area contributed by atoms with Crippen LogP contribution >= 0.6 is 0 Å². The van der Waals surface area contributed by atoms with Crippen molar-refractivity contribution in [3.8, 4) is 0 Å². The van der Waals surface area contributed by atoms with Crippen molar-refractivity contribution in [3.05, 3.63) is 28.7 Å². The van der Waals surface area contributed by atoms with Crippen LogP contribution < -0.4 is 16.6 Å². The molecule has 0 saturated carbocycles. The van der Waals surface area contributed by atoms with Crippen LogP contribution in [-0.2, 0) is 9.59 Å². The van der Waals surface area contributed by atoms with Crippen molar-refractivity contribution in [2.75, 3.05) is 5.73 Å². The fourth-order valence-electron chi connectivity index (χ4n) is 1.72. The summed E-state index contributed by atoms with van der Waals surface area (Å²) in [6.45, 7) is 0. The van der Waals surface area contributed by atoms with Gasteiger partial charge in [0.05, 0.1) is 5.69 Å². The van der Waals surface area contributed by atoms with E-state index in [2.05, 4.69) is 5.32 Å². The normalized spacial score (nSPS) is 20.6. The molecule has 1 fully saturated rings. The van der Waals surface area contributed by atoms with Gasteiger partial charge >= 0.3 is 0 Å². The van der Waals surface area contributed by atoms with Gasteiger partial charge in [-0.1, -0.05) is 0 Å². The van der Waals surface area contributed by atoms with Crippen molar-refractivity contribution < 1.29 is 9.59 Å². The average molecular weight is 221 g/mol. The van der Waals surface area contributed by atoms with Crippen molar-refractivity contribution >= 4 is 17.5 Å². The zero-order valence-electron chi connectivity index (χ0n) is 8.47. The molecule has 1 aromatic rings. The number of nitrogen functional groups attached to an aromatic ring is 1. The van der Waals surface area contributed by atoms with Gasteiger partial charge in [0.1, 0.15) is 6.04 Å². The van der Waals surface area contributed by atoms with Crippen molar-refractivity contribution in [2.45, 2.75) is 18.9 Å². The average Bonchev–Trinajstić information content (AvgIpc) is 2.23. The maximum Gasteiger partial charge on any atom is 0.274 e. The lowest BCUT2D eigenvalue weighted by atomic mass is 10.1. The molecule has 6 nitrogen and oxygen atoms in total. The van der Waals surface area contributed by atoms with E-state index in [-0.39, 0.29) is 18.0 Å². The van der Waals surface area contributed by atoms with Crippen LogP contribution in [0.4, 0.5) is 5.69 Å². The molecule has 2 rings (SSSR count). The Morgan fingerprint density at radius 1 is 1.38 bits per heavy atom. The van der Waals surface area contributed by atoms with E-state index in [4.69, 9.17) is 5.73 Å². The van der Waals surface area contributed by atoms with Gasteiger partial charge in [-0.05, 0) is 18.6 Å². The second-order valence-corrected chi connectivity index (χ2v) is 3.64. The maximum atomic E-state index is 11.7. The van der Waals surface area contributed by atoms with E-state index in [1.807, 2.05) is 0 Å². The highest BCUT2D eigenvalue weighted by molar-refractivity contribution is 5.99. The van der Waals surface area contributed by atoms with E-state index in [0.717, 1.165) is 0 Å². The number of hydrogen-bond acceptors (Lipinski definition) is 4. The molecular weight excluding hydrogens is 210 g/mol. The Balaban J connectivity index is 2.38. The summed E-state index contributed by atoms with van der Waals surface area (Å²) in [7, 11) is 0. The number of piperidine rings is 1. The Bertz CT molecular complexity index is 506. The summed E-state index contributed by atoms with van der Waals surface area (Å²) in [5.41, 5.74) is 5.15. The number of carbonyl (C=O) groups excluding carboxylic acids is 2. The molecule has 1 aliphatic rings. The Hall–Kier alpha value is -2.11. The SMILES string of the molecule is Nc1cccn(C2CCC(=O)NC2=O)c1=O. The van der Waals surface area contributed by atoms with Gasteiger partial charge in [-0.2, -0.15) is 0 Å². The molecule has 1 aromatic heterocycles. The molecule has 1 saturated heterocycles. The molecule has 3 N–H and O–H groups in total. The Morgan fingerprint density at radius 2 is 2.12 bits per heavy atom. The summed E-state index contributed by atoms with van der Waals surface area (Å²) in [6.07, 6.45) is 2.06. The number of nitrogens with zero attached hydrogens (tertiary/aromatic N) is 1. The minimum absolute atomic E-state index is 0.0900. The second-order valence-electron chi connectivity index (χ2n) is 3.64. The minimum atomic E-state index is -0.645. The monoisotopic (exact) mass is 221 g/mol. The second kappa shape index (κ2) is 3.80. The molecule has 6 heteroatoms. The molecular formula is C10H11N3O3. The van der Waals surface area contributed by atoms with Crippen LogP contribution in [-0.4, -0.2) is 16.4 Å². The van der Waals surface area contributed by atoms with Gasteiger partial charge in [-0.3, -0.25) is 19.7 Å². The maximum absolute atomic E-state index is 11.7. The van der Waals surface area contributed by atoms with E-state index < -0.39 is 17.5 Å². The third-order valence-corrected chi connectivity index (χ3v) is 2.55. The number of aromatic nitrogens is 1. The van der Waals surface area contributed by atoms with E-state index in [0.29, 0.717) is 6.42 Å². The highest BCUT2D eigenvalue weighted by atomic mass is 16.2. The van der Waals surface area contributed by atoms with Gasteiger partial charge in [0, 0.05) is 12.6 Å². The third kappa shape index (κ3) is 1.69. The number of anilines is 1. The predicted octanol–water partition coefficient (Wildman–Crippen LogP) is -0.592. The fourth-order valence-corrected chi connectivity index (χ4v) is 1.72. The number of carbonyl (C=O) groups is 2. The highest BCUT2D eigenvalue weighted by Crippen LogP contribution is 2.16. The van der Waals surface area contributed by atoms with Crippen LogP contribution in [0.2, 0.25) is 0 Å². The zero-order valence-corrected chi connectivity index (χ0v) is 8.47. The molecule has 0 aromatic carbocycles. The molecule has 0 bridgehead atoms. The first-order valence-corrected chi connectivity index (χ1v) is 4.90. The molecule has 1 aliphatic heterocycles. The Morgan fingerprint density at radius 3 is 2.81 bits per heavy atom. The van der Waals surface area contributed by atoms with Crippen LogP contribution in [0.1, 0.15) is 18.9 Å². The smallest absolute Gasteiger partial charge is 0.274 e. The summed E-state index contributed by atoms with van der Waals surface area (Å²) in [5, 5.41) is 2.20. The molecule has 0 radical (unpaired) electrons. The lowest BCUT2D eigenvalue weighted by Gasteiger charge is -2.22. The van der Waals surface area contributed by atoms with Gasteiger partial charge in [0.25, 0.3) is 5.56 Å². The molecule has 1 atom stereocenters. The lowest BCUT2D eigenvalue weighted by Crippen LogP contribution is -2.44. The molecule has 2 heterocycles. The van der Waals surface area contributed by atoms with Gasteiger partial charge in [-0.15, -0.1) is 0 Å². The number of imide groups is 1. The van der Waals surface area contributed by atoms with Crippen LogP contribution in [0, 0.1) is 0 Å². The summed E-state index contributed by atoms with van der Waals surface area (Å²) < 4.78 is 1.26. The summed E-state index contributed by atoms with van der Waals surface area (Å²) in [5.74, 6) is -0.762. The molecule has 0 aliphatic carbocycles. The van der Waals surface area contributed by atoms with Crippen molar-refractivity contribution in [1.82, 2.24) is 9.88 Å². The van der Waals surface area contributed by atoms with E-state index >= 15 is 0 Å². The largest absolute Gasteiger partial charge is 0.394 e. The fraction of sp³-hybridized carbons (Fsp3) is 0.300. The minimum Gasteiger partial charge on any atom is -0.394 e. The van der Waals surface area contributed by atoms with Crippen LogP contribution in [0.15, 0.2) is 23.1 Å². The Labute approximate surface area is 91.1 Å². The number of hydrogen-bond donors (Lipinski definition) is 2. The third-order valence-electron chi connectivity index (χ3n) is 2.55. The first kappa shape index (κ1) is 10.4. The number of nitrogens with one attached hydrogen (secondary N) is 1. The van der Waals surface area contributed by atoms with E-state index in [1.54, 1.807) is 6.07 Å². The Kier molecular flexibility index (Phi) is 2.47.